The quantitative estimate of drug-likeness (QED) is 0.0435. The largest absolute Gasteiger partial charge is 0.394 e. The number of ketones is 1. The molecule has 0 heterocycles. The maximum absolute atomic E-state index is 12.7. The van der Waals surface area contributed by atoms with Crippen LogP contribution in [0.4, 0.5) is 0 Å². The van der Waals surface area contributed by atoms with Crippen LogP contribution in [0, 0.1) is 11.8 Å². The molecule has 1 rings (SSSR count). The fraction of sp³-hybridized carbons (Fsp3) is 0.789. The highest BCUT2D eigenvalue weighted by Crippen LogP contribution is 2.36. The lowest BCUT2D eigenvalue weighted by atomic mass is 9.87. The Morgan fingerprint density at radius 3 is 2.09 bits per heavy atom. The minimum atomic E-state index is -0.969. The van der Waals surface area contributed by atoms with Crippen LogP contribution in [-0.4, -0.2) is 74.3 Å². The Kier molecular flexibility index (Phi) is 24.9. The van der Waals surface area contributed by atoms with Crippen molar-refractivity contribution in [3.05, 3.63) is 36.5 Å². The van der Waals surface area contributed by atoms with Gasteiger partial charge in [-0.05, 0) is 51.4 Å². The van der Waals surface area contributed by atoms with E-state index in [0.29, 0.717) is 19.3 Å². The van der Waals surface area contributed by atoms with Crippen LogP contribution in [0.2, 0.25) is 0 Å². The van der Waals surface area contributed by atoms with E-state index in [0.717, 1.165) is 38.5 Å². The summed E-state index contributed by atoms with van der Waals surface area (Å²) in [6, 6.07) is -0.776. The predicted octanol–water partition coefficient (Wildman–Crippen LogP) is 6.23. The van der Waals surface area contributed by atoms with Crippen molar-refractivity contribution < 1.29 is 35.1 Å². The first-order chi connectivity index (χ1) is 22.2. The minimum Gasteiger partial charge on any atom is -0.394 e. The molecular weight excluding hydrogens is 582 g/mol. The number of carbonyl (C=O) groups is 2. The summed E-state index contributed by atoms with van der Waals surface area (Å²) in [5, 5.41) is 53.9. The molecule has 0 aromatic carbocycles. The normalized spacial score (nSPS) is 22.2. The minimum absolute atomic E-state index is 0.0236. The van der Waals surface area contributed by atoms with Crippen molar-refractivity contribution >= 4 is 11.7 Å². The first kappa shape index (κ1) is 42.2. The molecule has 0 aromatic rings. The first-order valence-electron chi connectivity index (χ1n) is 18.4. The molecule has 1 aliphatic carbocycles. The van der Waals surface area contributed by atoms with E-state index in [9.17, 15) is 35.1 Å². The van der Waals surface area contributed by atoms with Crippen LogP contribution in [0.3, 0.4) is 0 Å². The van der Waals surface area contributed by atoms with Gasteiger partial charge >= 0.3 is 0 Å². The van der Waals surface area contributed by atoms with E-state index in [2.05, 4.69) is 31.3 Å². The van der Waals surface area contributed by atoms with Gasteiger partial charge in [0.2, 0.25) is 5.91 Å². The Morgan fingerprint density at radius 1 is 0.761 bits per heavy atom. The average Bonchev–Trinajstić information content (AvgIpc) is 3.30. The molecule has 8 nitrogen and oxygen atoms in total. The molecule has 8 heteroatoms. The summed E-state index contributed by atoms with van der Waals surface area (Å²) < 4.78 is 0. The fourth-order valence-corrected chi connectivity index (χ4v) is 6.11. The molecule has 1 amide bonds. The van der Waals surface area contributed by atoms with Gasteiger partial charge in [0.25, 0.3) is 0 Å². The molecule has 46 heavy (non-hydrogen) atoms. The Morgan fingerprint density at radius 2 is 1.41 bits per heavy atom. The number of Topliss-reactive ketones (excluding diaryl/α,β-unsaturated/α-hetero) is 1. The van der Waals surface area contributed by atoms with Gasteiger partial charge in [0.05, 0.1) is 37.1 Å². The number of amides is 1. The standard InChI is InChI=1S/C38H67NO7/c1-3-5-7-8-9-10-11-12-13-14-15-16-18-23-35(43)34(29-40)39-38(46)24-20-19-22-31(42)27-33-32(36(44)28-37(33)45)26-25-30(41)21-17-6-4-2/h7-8,18,23,25-26,30,32-37,40-41,43-45H,3-6,9-17,19-22,24,27-29H2,1-2H3,(H,39,46)/b8-7-,23-18+,26-25+/t30-,32+,33+,34-,35+,36+,37-/m0/s1. The van der Waals surface area contributed by atoms with Crippen LogP contribution in [0.5, 0.6) is 0 Å². The maximum Gasteiger partial charge on any atom is 0.220 e. The topological polar surface area (TPSA) is 147 Å². The van der Waals surface area contributed by atoms with E-state index in [4.69, 9.17) is 0 Å². The van der Waals surface area contributed by atoms with Crippen molar-refractivity contribution in [3.8, 4) is 0 Å². The summed E-state index contributed by atoms with van der Waals surface area (Å²) in [6.45, 7) is 3.93. The van der Waals surface area contributed by atoms with Gasteiger partial charge in [0.15, 0.2) is 0 Å². The zero-order chi connectivity index (χ0) is 34.0. The third-order valence-electron chi connectivity index (χ3n) is 9.05. The molecule has 0 radical (unpaired) electrons. The van der Waals surface area contributed by atoms with Crippen molar-refractivity contribution in [2.24, 2.45) is 11.8 Å². The van der Waals surface area contributed by atoms with E-state index < -0.39 is 36.4 Å². The molecular formula is C38H67NO7. The van der Waals surface area contributed by atoms with Gasteiger partial charge in [-0.25, -0.2) is 0 Å². The SMILES string of the molecule is CCC/C=C\CCCCCCCC/C=C/[C@@H](O)[C@H](CO)NC(=O)CCCCC(=O)C[C@@H]1[C@@H](/C=C/[C@@H](O)CCCCC)[C@H](O)C[C@@H]1O. The lowest BCUT2D eigenvalue weighted by molar-refractivity contribution is -0.124. The van der Waals surface area contributed by atoms with E-state index in [1.807, 2.05) is 6.08 Å². The average molecular weight is 650 g/mol. The number of unbranched alkanes of at least 4 members (excludes halogenated alkanes) is 11. The highest BCUT2D eigenvalue weighted by atomic mass is 16.3. The Balaban J connectivity index is 2.26. The van der Waals surface area contributed by atoms with Gasteiger partial charge in [-0.1, -0.05) is 102 Å². The molecule has 1 fully saturated rings. The zero-order valence-electron chi connectivity index (χ0n) is 28.9. The van der Waals surface area contributed by atoms with Gasteiger partial charge in [-0.2, -0.15) is 0 Å². The Hall–Kier alpha value is -1.84. The molecule has 1 saturated carbocycles. The molecule has 0 bridgehead atoms. The van der Waals surface area contributed by atoms with Crippen LogP contribution < -0.4 is 5.32 Å². The number of aliphatic hydroxyl groups is 5. The van der Waals surface area contributed by atoms with Gasteiger partial charge in [0, 0.05) is 37.5 Å². The number of carbonyl (C=O) groups excluding carboxylic acids is 2. The molecule has 1 aliphatic rings. The maximum atomic E-state index is 12.7. The van der Waals surface area contributed by atoms with Crippen molar-refractivity contribution in [3.63, 3.8) is 0 Å². The molecule has 0 unspecified atom stereocenters. The van der Waals surface area contributed by atoms with Gasteiger partial charge in [0.1, 0.15) is 5.78 Å². The van der Waals surface area contributed by atoms with Gasteiger partial charge < -0.3 is 30.8 Å². The smallest absolute Gasteiger partial charge is 0.220 e. The summed E-state index contributed by atoms with van der Waals surface area (Å²) in [5.41, 5.74) is 0. The second-order valence-corrected chi connectivity index (χ2v) is 13.2. The van der Waals surface area contributed by atoms with Crippen molar-refractivity contribution in [1.82, 2.24) is 5.32 Å². The number of allylic oxidation sites excluding steroid dienone is 3. The second-order valence-electron chi connectivity index (χ2n) is 13.2. The lowest BCUT2D eigenvalue weighted by Crippen LogP contribution is -2.45. The summed E-state index contributed by atoms with van der Waals surface area (Å²) >= 11 is 0. The third-order valence-corrected chi connectivity index (χ3v) is 9.05. The highest BCUT2D eigenvalue weighted by molar-refractivity contribution is 5.79. The summed E-state index contributed by atoms with van der Waals surface area (Å²) in [7, 11) is 0. The fourth-order valence-electron chi connectivity index (χ4n) is 6.11. The molecule has 0 spiro atoms. The van der Waals surface area contributed by atoms with E-state index in [1.165, 1.54) is 44.9 Å². The number of nitrogens with one attached hydrogen (secondary N) is 1. The lowest BCUT2D eigenvalue weighted by Gasteiger charge is -2.21. The third kappa shape index (κ3) is 19.7. The molecule has 0 aliphatic heterocycles. The van der Waals surface area contributed by atoms with Crippen molar-refractivity contribution in [2.45, 2.75) is 173 Å². The van der Waals surface area contributed by atoms with Crippen LogP contribution >= 0.6 is 0 Å². The Labute approximate surface area is 279 Å². The van der Waals surface area contributed by atoms with E-state index in [-0.39, 0.29) is 49.9 Å². The van der Waals surface area contributed by atoms with E-state index >= 15 is 0 Å². The number of hydrogen-bond acceptors (Lipinski definition) is 7. The molecule has 0 saturated heterocycles. The number of aliphatic hydroxyl groups excluding tert-OH is 5. The summed E-state index contributed by atoms with van der Waals surface area (Å²) in [4.78, 5) is 25.1. The van der Waals surface area contributed by atoms with Crippen molar-refractivity contribution in [1.29, 1.82) is 0 Å². The zero-order valence-corrected chi connectivity index (χ0v) is 28.9. The molecule has 0 aromatic heterocycles. The second kappa shape index (κ2) is 27.1. The van der Waals surface area contributed by atoms with Crippen molar-refractivity contribution in [2.75, 3.05) is 6.61 Å². The Bertz CT molecular complexity index is 873. The highest BCUT2D eigenvalue weighted by Gasteiger charge is 2.41. The monoisotopic (exact) mass is 649 g/mol. The van der Waals surface area contributed by atoms with Gasteiger partial charge in [-0.15, -0.1) is 0 Å². The van der Waals surface area contributed by atoms with Crippen LogP contribution in [0.25, 0.3) is 0 Å². The number of rotatable bonds is 28. The van der Waals surface area contributed by atoms with Crippen LogP contribution in [0.15, 0.2) is 36.5 Å². The van der Waals surface area contributed by atoms with Crippen LogP contribution in [0.1, 0.15) is 142 Å². The summed E-state index contributed by atoms with van der Waals surface area (Å²) in [6.07, 6.45) is 25.6. The van der Waals surface area contributed by atoms with Gasteiger partial charge in [-0.3, -0.25) is 9.59 Å². The molecule has 7 atom stereocenters. The predicted molar refractivity (Wildman–Crippen MR) is 186 cm³/mol. The molecule has 266 valence electrons. The molecule has 6 N–H and O–H groups in total. The number of hydrogen-bond donors (Lipinski definition) is 6. The summed E-state index contributed by atoms with van der Waals surface area (Å²) in [5.74, 6) is -1.07. The van der Waals surface area contributed by atoms with Crippen LogP contribution in [-0.2, 0) is 9.59 Å². The van der Waals surface area contributed by atoms with E-state index in [1.54, 1.807) is 18.2 Å². The first-order valence-corrected chi connectivity index (χ1v) is 18.4.